The molecule has 100 valence electrons. The van der Waals surface area contributed by atoms with E-state index < -0.39 is 0 Å². The molecule has 0 spiro atoms. The van der Waals surface area contributed by atoms with Crippen LogP contribution in [0.5, 0.6) is 0 Å². The van der Waals surface area contributed by atoms with Crippen LogP contribution >= 0.6 is 0 Å². The van der Waals surface area contributed by atoms with Crippen molar-refractivity contribution >= 4 is 0 Å². The first-order chi connectivity index (χ1) is 8.24. The predicted octanol–water partition coefficient (Wildman–Crippen LogP) is 2.98. The van der Waals surface area contributed by atoms with Crippen molar-refractivity contribution in [2.45, 2.75) is 65.0 Å². The van der Waals surface area contributed by atoms with E-state index in [2.05, 4.69) is 30.6 Å². The van der Waals surface area contributed by atoms with Gasteiger partial charge in [-0.2, -0.15) is 0 Å². The van der Waals surface area contributed by atoms with E-state index >= 15 is 0 Å². The smallest absolute Gasteiger partial charge is 0.0223 e. The molecule has 2 heterocycles. The summed E-state index contributed by atoms with van der Waals surface area (Å²) in [4.78, 5) is 5.56. The Hall–Kier alpha value is -0.0800. The van der Waals surface area contributed by atoms with Gasteiger partial charge in [-0.05, 0) is 31.7 Å². The maximum atomic E-state index is 2.79. The van der Waals surface area contributed by atoms with Crippen LogP contribution in [-0.4, -0.2) is 48.1 Å². The Morgan fingerprint density at radius 2 is 2.00 bits per heavy atom. The maximum Gasteiger partial charge on any atom is 0.0223 e. The molecule has 2 aliphatic heterocycles. The second-order valence-electron chi connectivity index (χ2n) is 6.17. The minimum Gasteiger partial charge on any atom is -0.298 e. The molecule has 2 nitrogen and oxygen atoms in total. The SMILES string of the molecule is CCC(C)CN1CC2CCCCN2CC1CC. The van der Waals surface area contributed by atoms with Gasteiger partial charge < -0.3 is 0 Å². The topological polar surface area (TPSA) is 6.48 Å². The van der Waals surface area contributed by atoms with E-state index in [0.717, 1.165) is 18.0 Å². The molecule has 0 aromatic rings. The van der Waals surface area contributed by atoms with Gasteiger partial charge in [0.05, 0.1) is 0 Å². The molecule has 0 aromatic heterocycles. The molecule has 2 saturated heterocycles. The van der Waals surface area contributed by atoms with Crippen molar-refractivity contribution in [2.24, 2.45) is 5.92 Å². The van der Waals surface area contributed by atoms with Gasteiger partial charge in [0.1, 0.15) is 0 Å². The van der Waals surface area contributed by atoms with E-state index in [4.69, 9.17) is 0 Å². The maximum absolute atomic E-state index is 2.79. The molecule has 3 unspecified atom stereocenters. The van der Waals surface area contributed by atoms with E-state index in [-0.39, 0.29) is 0 Å². The van der Waals surface area contributed by atoms with Crippen LogP contribution in [0.25, 0.3) is 0 Å². The Labute approximate surface area is 107 Å². The summed E-state index contributed by atoms with van der Waals surface area (Å²) in [5.41, 5.74) is 0. The molecular weight excluding hydrogens is 208 g/mol. The largest absolute Gasteiger partial charge is 0.298 e. The molecule has 0 radical (unpaired) electrons. The molecule has 0 N–H and O–H groups in total. The van der Waals surface area contributed by atoms with Crippen molar-refractivity contribution in [1.82, 2.24) is 9.80 Å². The van der Waals surface area contributed by atoms with Crippen LogP contribution < -0.4 is 0 Å². The summed E-state index contributed by atoms with van der Waals surface area (Å²) in [6.07, 6.45) is 6.96. The zero-order valence-electron chi connectivity index (χ0n) is 12.0. The van der Waals surface area contributed by atoms with Crippen LogP contribution in [0, 0.1) is 5.92 Å². The molecule has 0 amide bonds. The lowest BCUT2D eigenvalue weighted by molar-refractivity contribution is 0.000994. The van der Waals surface area contributed by atoms with Gasteiger partial charge in [-0.25, -0.2) is 0 Å². The molecular formula is C15H30N2. The molecule has 2 fully saturated rings. The van der Waals surface area contributed by atoms with E-state index in [1.165, 1.54) is 58.3 Å². The number of piperidine rings is 1. The lowest BCUT2D eigenvalue weighted by Gasteiger charge is -2.49. The average Bonchev–Trinajstić information content (AvgIpc) is 2.37. The summed E-state index contributed by atoms with van der Waals surface area (Å²) in [5.74, 6) is 0.860. The molecule has 2 aliphatic rings. The lowest BCUT2D eigenvalue weighted by atomic mass is 9.94. The van der Waals surface area contributed by atoms with Gasteiger partial charge in [0.2, 0.25) is 0 Å². The molecule has 0 aliphatic carbocycles. The van der Waals surface area contributed by atoms with Crippen LogP contribution in [0.2, 0.25) is 0 Å². The fraction of sp³-hybridized carbons (Fsp3) is 1.00. The third kappa shape index (κ3) is 3.23. The highest BCUT2D eigenvalue weighted by Crippen LogP contribution is 2.26. The molecule has 2 rings (SSSR count). The number of hydrogen-bond acceptors (Lipinski definition) is 2. The van der Waals surface area contributed by atoms with Crippen LogP contribution in [0.3, 0.4) is 0 Å². The van der Waals surface area contributed by atoms with Crippen LogP contribution in [0.1, 0.15) is 52.9 Å². The first-order valence-corrected chi connectivity index (χ1v) is 7.72. The highest BCUT2D eigenvalue weighted by Gasteiger charge is 2.34. The zero-order valence-corrected chi connectivity index (χ0v) is 12.0. The summed E-state index contributed by atoms with van der Waals surface area (Å²) < 4.78 is 0. The first-order valence-electron chi connectivity index (χ1n) is 7.72. The Morgan fingerprint density at radius 1 is 1.18 bits per heavy atom. The second-order valence-corrected chi connectivity index (χ2v) is 6.17. The van der Waals surface area contributed by atoms with Crippen LogP contribution in [0.15, 0.2) is 0 Å². The van der Waals surface area contributed by atoms with Gasteiger partial charge in [-0.3, -0.25) is 9.80 Å². The average molecular weight is 238 g/mol. The number of hydrogen-bond donors (Lipinski definition) is 0. The summed E-state index contributed by atoms with van der Waals surface area (Å²) in [5, 5.41) is 0. The van der Waals surface area contributed by atoms with E-state index in [1.54, 1.807) is 0 Å². The van der Waals surface area contributed by atoms with Crippen molar-refractivity contribution in [3.63, 3.8) is 0 Å². The first kappa shape index (κ1) is 13.4. The van der Waals surface area contributed by atoms with Gasteiger partial charge >= 0.3 is 0 Å². The van der Waals surface area contributed by atoms with E-state index in [9.17, 15) is 0 Å². The summed E-state index contributed by atoms with van der Waals surface area (Å²) in [7, 11) is 0. The molecule has 17 heavy (non-hydrogen) atoms. The van der Waals surface area contributed by atoms with Crippen molar-refractivity contribution < 1.29 is 0 Å². The Balaban J connectivity index is 1.94. The predicted molar refractivity (Wildman–Crippen MR) is 74.3 cm³/mol. The van der Waals surface area contributed by atoms with Gasteiger partial charge in [0.25, 0.3) is 0 Å². The quantitative estimate of drug-likeness (QED) is 0.743. The second kappa shape index (κ2) is 6.19. The lowest BCUT2D eigenvalue weighted by Crippen LogP contribution is -2.59. The Morgan fingerprint density at radius 3 is 2.71 bits per heavy atom. The monoisotopic (exact) mass is 238 g/mol. The normalized spacial score (nSPS) is 33.4. The summed E-state index contributed by atoms with van der Waals surface area (Å²) in [6.45, 7) is 12.4. The molecule has 3 atom stereocenters. The van der Waals surface area contributed by atoms with Gasteiger partial charge in [0, 0.05) is 31.7 Å². The van der Waals surface area contributed by atoms with Crippen molar-refractivity contribution in [2.75, 3.05) is 26.2 Å². The van der Waals surface area contributed by atoms with Crippen molar-refractivity contribution in [3.8, 4) is 0 Å². The van der Waals surface area contributed by atoms with Crippen molar-refractivity contribution in [3.05, 3.63) is 0 Å². The number of nitrogens with zero attached hydrogens (tertiary/aromatic N) is 2. The Bertz CT molecular complexity index is 229. The number of rotatable bonds is 4. The third-order valence-corrected chi connectivity index (χ3v) is 4.87. The minimum absolute atomic E-state index is 0.818. The zero-order chi connectivity index (χ0) is 12.3. The fourth-order valence-electron chi connectivity index (χ4n) is 3.45. The highest BCUT2D eigenvalue weighted by atomic mass is 15.3. The molecule has 0 aromatic carbocycles. The van der Waals surface area contributed by atoms with Gasteiger partial charge in [-0.1, -0.05) is 33.6 Å². The standard InChI is InChI=1S/C15H30N2/c1-4-13(3)10-17-12-15-8-6-7-9-16(15)11-14(17)5-2/h13-15H,4-12H2,1-3H3. The van der Waals surface area contributed by atoms with Crippen molar-refractivity contribution in [1.29, 1.82) is 0 Å². The van der Waals surface area contributed by atoms with Gasteiger partial charge in [0.15, 0.2) is 0 Å². The van der Waals surface area contributed by atoms with Gasteiger partial charge in [-0.15, -0.1) is 0 Å². The third-order valence-electron chi connectivity index (χ3n) is 4.87. The highest BCUT2D eigenvalue weighted by molar-refractivity contribution is 4.90. The van der Waals surface area contributed by atoms with Crippen LogP contribution in [-0.2, 0) is 0 Å². The summed E-state index contributed by atoms with van der Waals surface area (Å²) in [6, 6.07) is 1.69. The van der Waals surface area contributed by atoms with E-state index in [0.29, 0.717) is 0 Å². The van der Waals surface area contributed by atoms with E-state index in [1.807, 2.05) is 0 Å². The van der Waals surface area contributed by atoms with Crippen LogP contribution in [0.4, 0.5) is 0 Å². The number of fused-ring (bicyclic) bond motifs is 1. The number of piperazine rings is 1. The molecule has 0 saturated carbocycles. The molecule has 2 heteroatoms. The fourth-order valence-corrected chi connectivity index (χ4v) is 3.45. The minimum atomic E-state index is 0.818. The summed E-state index contributed by atoms with van der Waals surface area (Å²) >= 11 is 0. The molecule has 0 bridgehead atoms. The Kier molecular flexibility index (Phi) is 4.87.